The maximum absolute atomic E-state index is 13.4. The minimum absolute atomic E-state index is 0.161. The standard InChI is InChI=1S/C28H24ClIN2O5/c1-4-36-24-14-19(13-22(30)25(24)37-15-18-8-6-9-20(29)11-18)12-21-26(33)31-28(35)32(27(21)34)23-10-5-7-16(2)17(23)3/h5-14H,4,15H2,1-3H3,(H,31,33,35)/b21-12+. The van der Waals surface area contributed by atoms with Crippen LogP contribution in [0.15, 0.2) is 60.2 Å². The highest BCUT2D eigenvalue weighted by atomic mass is 127. The topological polar surface area (TPSA) is 84.9 Å². The Morgan fingerprint density at radius 3 is 2.51 bits per heavy atom. The van der Waals surface area contributed by atoms with Gasteiger partial charge in [-0.05, 0) is 102 Å². The summed E-state index contributed by atoms with van der Waals surface area (Å²) in [6.45, 7) is 6.23. The van der Waals surface area contributed by atoms with Crippen molar-refractivity contribution in [2.75, 3.05) is 11.5 Å². The van der Waals surface area contributed by atoms with Crippen LogP contribution in [0.3, 0.4) is 0 Å². The smallest absolute Gasteiger partial charge is 0.335 e. The van der Waals surface area contributed by atoms with Crippen LogP contribution in [0, 0.1) is 17.4 Å². The Morgan fingerprint density at radius 2 is 1.78 bits per heavy atom. The molecule has 1 aliphatic heterocycles. The zero-order valence-corrected chi connectivity index (χ0v) is 23.3. The van der Waals surface area contributed by atoms with Crippen LogP contribution < -0.4 is 19.7 Å². The summed E-state index contributed by atoms with van der Waals surface area (Å²) in [6, 6.07) is 15.4. The molecule has 4 rings (SSSR count). The molecule has 1 heterocycles. The number of carbonyl (C=O) groups excluding carboxylic acids is 3. The minimum Gasteiger partial charge on any atom is -0.490 e. The van der Waals surface area contributed by atoms with Gasteiger partial charge in [-0.1, -0.05) is 35.9 Å². The molecule has 3 aromatic carbocycles. The predicted molar refractivity (Wildman–Crippen MR) is 151 cm³/mol. The summed E-state index contributed by atoms with van der Waals surface area (Å²) in [5, 5.41) is 2.89. The number of ether oxygens (including phenoxy) is 2. The summed E-state index contributed by atoms with van der Waals surface area (Å²) < 4.78 is 12.6. The number of barbiturate groups is 1. The lowest BCUT2D eigenvalue weighted by molar-refractivity contribution is -0.122. The first kappa shape index (κ1) is 26.7. The summed E-state index contributed by atoms with van der Waals surface area (Å²) in [4.78, 5) is 39.7. The lowest BCUT2D eigenvalue weighted by atomic mass is 10.0. The van der Waals surface area contributed by atoms with Crippen molar-refractivity contribution in [2.24, 2.45) is 0 Å². The number of imide groups is 2. The zero-order valence-electron chi connectivity index (χ0n) is 20.4. The van der Waals surface area contributed by atoms with Crippen LogP contribution in [0.2, 0.25) is 5.02 Å². The summed E-state index contributed by atoms with van der Waals surface area (Å²) in [5.41, 5.74) is 3.41. The summed E-state index contributed by atoms with van der Waals surface area (Å²) in [6.07, 6.45) is 1.45. The monoisotopic (exact) mass is 630 g/mol. The van der Waals surface area contributed by atoms with E-state index in [9.17, 15) is 14.4 Å². The van der Waals surface area contributed by atoms with Gasteiger partial charge in [-0.25, -0.2) is 9.69 Å². The molecule has 7 nitrogen and oxygen atoms in total. The average molecular weight is 631 g/mol. The number of nitrogens with zero attached hydrogens (tertiary/aromatic N) is 1. The number of hydrogen-bond donors (Lipinski definition) is 1. The molecule has 1 saturated heterocycles. The molecular weight excluding hydrogens is 607 g/mol. The summed E-state index contributed by atoms with van der Waals surface area (Å²) >= 11 is 8.20. The van der Waals surface area contributed by atoms with Crippen LogP contribution in [-0.4, -0.2) is 24.5 Å². The molecule has 9 heteroatoms. The van der Waals surface area contributed by atoms with E-state index in [1.54, 1.807) is 30.3 Å². The van der Waals surface area contributed by atoms with Crippen LogP contribution in [0.1, 0.15) is 29.2 Å². The van der Waals surface area contributed by atoms with Crippen molar-refractivity contribution < 1.29 is 23.9 Å². The molecule has 1 fully saturated rings. The number of urea groups is 1. The molecule has 0 atom stereocenters. The maximum Gasteiger partial charge on any atom is 0.335 e. The summed E-state index contributed by atoms with van der Waals surface area (Å²) in [5.74, 6) is -0.451. The molecule has 1 N–H and O–H groups in total. The largest absolute Gasteiger partial charge is 0.490 e. The van der Waals surface area contributed by atoms with Crippen LogP contribution in [-0.2, 0) is 16.2 Å². The van der Waals surface area contributed by atoms with Crippen LogP contribution in [0.5, 0.6) is 11.5 Å². The average Bonchev–Trinajstić information content (AvgIpc) is 2.84. The van der Waals surface area contributed by atoms with Gasteiger partial charge in [-0.3, -0.25) is 14.9 Å². The molecule has 4 amide bonds. The van der Waals surface area contributed by atoms with Crippen molar-refractivity contribution in [2.45, 2.75) is 27.4 Å². The van der Waals surface area contributed by atoms with E-state index >= 15 is 0 Å². The van der Waals surface area contributed by atoms with Crippen molar-refractivity contribution in [1.29, 1.82) is 0 Å². The van der Waals surface area contributed by atoms with E-state index < -0.39 is 17.8 Å². The third-order valence-electron chi connectivity index (χ3n) is 5.83. The number of nitrogens with one attached hydrogen (secondary N) is 1. The minimum atomic E-state index is -0.782. The van der Waals surface area contributed by atoms with Crippen molar-refractivity contribution in [1.82, 2.24) is 5.32 Å². The Balaban J connectivity index is 1.68. The van der Waals surface area contributed by atoms with Gasteiger partial charge in [-0.15, -0.1) is 0 Å². The number of anilines is 1. The van der Waals surface area contributed by atoms with Gasteiger partial charge in [0, 0.05) is 5.02 Å². The molecule has 3 aromatic rings. The first-order chi connectivity index (χ1) is 17.7. The molecule has 0 spiro atoms. The SMILES string of the molecule is CCOc1cc(/C=C2\C(=O)NC(=O)N(c3cccc(C)c3C)C2=O)cc(I)c1OCc1cccc(Cl)c1. The fraction of sp³-hybridized carbons (Fsp3) is 0.179. The Kier molecular flexibility index (Phi) is 8.19. The zero-order chi connectivity index (χ0) is 26.7. The Morgan fingerprint density at radius 1 is 1.03 bits per heavy atom. The number of rotatable bonds is 7. The normalized spacial score (nSPS) is 14.7. The Labute approximate surface area is 233 Å². The highest BCUT2D eigenvalue weighted by Crippen LogP contribution is 2.36. The van der Waals surface area contributed by atoms with Gasteiger partial charge in [-0.2, -0.15) is 0 Å². The highest BCUT2D eigenvalue weighted by molar-refractivity contribution is 14.1. The van der Waals surface area contributed by atoms with E-state index in [0.717, 1.165) is 25.2 Å². The maximum atomic E-state index is 13.4. The van der Waals surface area contributed by atoms with Gasteiger partial charge in [0.15, 0.2) is 11.5 Å². The van der Waals surface area contributed by atoms with Crippen molar-refractivity contribution >= 4 is 63.8 Å². The molecule has 0 aliphatic carbocycles. The van der Waals surface area contributed by atoms with Crippen molar-refractivity contribution in [3.05, 3.63) is 91.0 Å². The number of benzene rings is 3. The van der Waals surface area contributed by atoms with E-state index in [2.05, 4.69) is 27.9 Å². The van der Waals surface area contributed by atoms with Crippen LogP contribution in [0.4, 0.5) is 10.5 Å². The number of amides is 4. The van der Waals surface area contributed by atoms with Crippen LogP contribution in [0.25, 0.3) is 6.08 Å². The van der Waals surface area contributed by atoms with E-state index in [1.807, 2.05) is 45.0 Å². The fourth-order valence-electron chi connectivity index (χ4n) is 3.88. The quantitative estimate of drug-likeness (QED) is 0.191. The molecule has 0 bridgehead atoms. The molecule has 37 heavy (non-hydrogen) atoms. The Hall–Kier alpha value is -3.37. The highest BCUT2D eigenvalue weighted by Gasteiger charge is 2.37. The molecule has 190 valence electrons. The lowest BCUT2D eigenvalue weighted by Gasteiger charge is -2.28. The van der Waals surface area contributed by atoms with Gasteiger partial charge in [0.2, 0.25) is 0 Å². The third kappa shape index (κ3) is 5.80. The first-order valence-corrected chi connectivity index (χ1v) is 13.0. The third-order valence-corrected chi connectivity index (χ3v) is 6.87. The number of aryl methyl sites for hydroxylation is 1. The van der Waals surface area contributed by atoms with Crippen molar-refractivity contribution in [3.8, 4) is 11.5 Å². The van der Waals surface area contributed by atoms with Crippen LogP contribution >= 0.6 is 34.2 Å². The predicted octanol–water partition coefficient (Wildman–Crippen LogP) is 6.21. The molecule has 0 radical (unpaired) electrons. The van der Waals surface area contributed by atoms with Gasteiger partial charge < -0.3 is 9.47 Å². The summed E-state index contributed by atoms with van der Waals surface area (Å²) in [7, 11) is 0. The lowest BCUT2D eigenvalue weighted by Crippen LogP contribution is -2.54. The number of halogens is 2. The molecule has 1 aliphatic rings. The number of carbonyl (C=O) groups is 3. The first-order valence-electron chi connectivity index (χ1n) is 11.5. The molecule has 0 unspecified atom stereocenters. The molecule has 0 aromatic heterocycles. The Bertz CT molecular complexity index is 1440. The van der Waals surface area contributed by atoms with Gasteiger partial charge in [0.1, 0.15) is 12.2 Å². The van der Waals surface area contributed by atoms with Gasteiger partial charge in [0.25, 0.3) is 11.8 Å². The number of hydrogen-bond acceptors (Lipinski definition) is 5. The fourth-order valence-corrected chi connectivity index (χ4v) is 4.87. The molecule has 0 saturated carbocycles. The van der Waals surface area contributed by atoms with E-state index in [-0.39, 0.29) is 12.2 Å². The van der Waals surface area contributed by atoms with E-state index in [4.69, 9.17) is 21.1 Å². The van der Waals surface area contributed by atoms with Gasteiger partial charge >= 0.3 is 6.03 Å². The van der Waals surface area contributed by atoms with Gasteiger partial charge in [0.05, 0.1) is 15.9 Å². The second-order valence-corrected chi connectivity index (χ2v) is 9.96. The molecular formula is C28H24ClIN2O5. The van der Waals surface area contributed by atoms with Crippen molar-refractivity contribution in [3.63, 3.8) is 0 Å². The second-order valence-electron chi connectivity index (χ2n) is 8.36. The second kappa shape index (κ2) is 11.4. The van der Waals surface area contributed by atoms with E-state index in [1.165, 1.54) is 6.08 Å². The van der Waals surface area contributed by atoms with E-state index in [0.29, 0.717) is 34.4 Å².